The molecule has 0 unspecified atom stereocenters. The number of fused-ring (bicyclic) bond motifs is 1. The third-order valence-electron chi connectivity index (χ3n) is 1.60. The highest BCUT2D eigenvalue weighted by Gasteiger charge is 2.17. The monoisotopic (exact) mass is 241 g/mol. The zero-order chi connectivity index (χ0) is 9.42. The molecule has 2 rings (SSSR count). The molecule has 1 N–H and O–H groups in total. The number of rotatable bonds is 1. The van der Waals surface area contributed by atoms with Crippen molar-refractivity contribution in [3.63, 3.8) is 0 Å². The van der Waals surface area contributed by atoms with Crippen LogP contribution in [0.25, 0.3) is 11.1 Å². The van der Waals surface area contributed by atoms with Crippen LogP contribution in [0, 0.1) is 0 Å². The lowest BCUT2D eigenvalue weighted by Crippen LogP contribution is -1.93. The van der Waals surface area contributed by atoms with Crippen LogP contribution >= 0.6 is 15.9 Å². The Morgan fingerprint density at radius 3 is 3.00 bits per heavy atom. The molecule has 0 spiro atoms. The molecule has 5 heteroatoms. The van der Waals surface area contributed by atoms with E-state index in [1.54, 1.807) is 18.3 Å². The van der Waals surface area contributed by atoms with Gasteiger partial charge in [0.25, 0.3) is 0 Å². The zero-order valence-electron chi connectivity index (χ0n) is 6.32. The Morgan fingerprint density at radius 1 is 1.62 bits per heavy atom. The number of nitrogens with zero attached hydrogens (tertiary/aromatic N) is 1. The van der Waals surface area contributed by atoms with E-state index in [9.17, 15) is 4.79 Å². The van der Waals surface area contributed by atoms with E-state index in [-0.39, 0.29) is 5.76 Å². The number of hydrogen-bond acceptors (Lipinski definition) is 3. The maximum Gasteiger partial charge on any atom is 0.373 e. The first-order chi connectivity index (χ1) is 6.20. The third kappa shape index (κ3) is 1.21. The minimum Gasteiger partial charge on any atom is -0.475 e. The highest BCUT2D eigenvalue weighted by atomic mass is 79.9. The lowest BCUT2D eigenvalue weighted by Gasteiger charge is -1.84. The molecule has 0 atom stereocenters. The Morgan fingerprint density at radius 2 is 2.38 bits per heavy atom. The SMILES string of the molecule is O=C(O)c1oc2ncccc2c1Br. The Kier molecular flexibility index (Phi) is 1.81. The van der Waals surface area contributed by atoms with Gasteiger partial charge in [-0.3, -0.25) is 0 Å². The molecule has 0 aliphatic carbocycles. The summed E-state index contributed by atoms with van der Waals surface area (Å²) in [6.45, 7) is 0. The molecule has 0 fully saturated rings. The summed E-state index contributed by atoms with van der Waals surface area (Å²) in [6.07, 6.45) is 1.55. The second kappa shape index (κ2) is 2.85. The predicted molar refractivity (Wildman–Crippen MR) is 48.7 cm³/mol. The number of carboxylic acid groups (broad SMARTS) is 1. The molecule has 2 heterocycles. The van der Waals surface area contributed by atoms with Gasteiger partial charge in [0.2, 0.25) is 11.5 Å². The molecule has 0 radical (unpaired) electrons. The average Bonchev–Trinajstić information content (AvgIpc) is 2.45. The molecule has 0 saturated heterocycles. The van der Waals surface area contributed by atoms with E-state index >= 15 is 0 Å². The van der Waals surface area contributed by atoms with E-state index in [4.69, 9.17) is 9.52 Å². The van der Waals surface area contributed by atoms with Crippen molar-refractivity contribution in [2.75, 3.05) is 0 Å². The lowest BCUT2D eigenvalue weighted by molar-refractivity contribution is 0.0663. The molecule has 0 aliphatic rings. The molecule has 0 bridgehead atoms. The number of hydrogen-bond donors (Lipinski definition) is 1. The van der Waals surface area contributed by atoms with Gasteiger partial charge in [-0.05, 0) is 28.1 Å². The second-order valence-corrected chi connectivity index (χ2v) is 3.20. The topological polar surface area (TPSA) is 63.3 Å². The normalized spacial score (nSPS) is 10.5. The molecule has 4 nitrogen and oxygen atoms in total. The van der Waals surface area contributed by atoms with Gasteiger partial charge in [-0.1, -0.05) is 0 Å². The molecule has 0 aliphatic heterocycles. The van der Waals surface area contributed by atoms with Crippen molar-refractivity contribution in [1.82, 2.24) is 4.98 Å². The minimum absolute atomic E-state index is 0.117. The summed E-state index contributed by atoms with van der Waals surface area (Å²) in [5.41, 5.74) is 0.326. The highest BCUT2D eigenvalue weighted by molar-refractivity contribution is 9.10. The van der Waals surface area contributed by atoms with Gasteiger partial charge in [0.15, 0.2) is 0 Å². The second-order valence-electron chi connectivity index (χ2n) is 2.41. The van der Waals surface area contributed by atoms with Gasteiger partial charge in [0, 0.05) is 6.20 Å². The maximum atomic E-state index is 10.6. The molecule has 2 aromatic rings. The number of pyridine rings is 1. The molecule has 13 heavy (non-hydrogen) atoms. The number of halogens is 1. The molecule has 0 saturated carbocycles. The van der Waals surface area contributed by atoms with Crippen molar-refractivity contribution < 1.29 is 14.3 Å². The summed E-state index contributed by atoms with van der Waals surface area (Å²) in [5.74, 6) is -1.22. The Balaban J connectivity index is 2.81. The fourth-order valence-electron chi connectivity index (χ4n) is 1.04. The zero-order valence-corrected chi connectivity index (χ0v) is 7.91. The fourth-order valence-corrected chi connectivity index (χ4v) is 1.59. The lowest BCUT2D eigenvalue weighted by atomic mass is 10.3. The number of furan rings is 1. The van der Waals surface area contributed by atoms with E-state index in [0.29, 0.717) is 15.6 Å². The van der Waals surface area contributed by atoms with Gasteiger partial charge in [0.1, 0.15) is 0 Å². The number of carboxylic acids is 1. The van der Waals surface area contributed by atoms with E-state index in [1.807, 2.05) is 0 Å². The molecular formula is C8H4BrNO3. The molecule has 0 aromatic carbocycles. The van der Waals surface area contributed by atoms with Crippen molar-refractivity contribution in [2.24, 2.45) is 0 Å². The summed E-state index contributed by atoms with van der Waals surface area (Å²) in [7, 11) is 0. The van der Waals surface area contributed by atoms with Crippen LogP contribution in [0.3, 0.4) is 0 Å². The first-order valence-corrected chi connectivity index (χ1v) is 4.26. The van der Waals surface area contributed by atoms with Crippen molar-refractivity contribution in [3.05, 3.63) is 28.6 Å². The molecule has 0 amide bonds. The Labute approximate surface area is 81.3 Å². The van der Waals surface area contributed by atoms with Crippen LogP contribution in [0.1, 0.15) is 10.6 Å². The predicted octanol–water partition coefficient (Wildman–Crippen LogP) is 2.29. The van der Waals surface area contributed by atoms with E-state index in [2.05, 4.69) is 20.9 Å². The van der Waals surface area contributed by atoms with Crippen LogP contribution in [0.2, 0.25) is 0 Å². The van der Waals surface area contributed by atoms with Crippen LogP contribution in [0.4, 0.5) is 0 Å². The standard InChI is InChI=1S/C8H4BrNO3/c9-5-4-2-1-3-10-7(4)13-6(5)8(11)12/h1-3H,(H,11,12). The molecule has 66 valence electrons. The summed E-state index contributed by atoms with van der Waals surface area (Å²) < 4.78 is 5.44. The van der Waals surface area contributed by atoms with Crippen LogP contribution in [-0.4, -0.2) is 16.1 Å². The van der Waals surface area contributed by atoms with Crippen LogP contribution in [0.5, 0.6) is 0 Å². The van der Waals surface area contributed by atoms with E-state index in [0.717, 1.165) is 0 Å². The van der Waals surface area contributed by atoms with Crippen molar-refractivity contribution in [1.29, 1.82) is 0 Å². The minimum atomic E-state index is -1.11. The maximum absolute atomic E-state index is 10.6. The number of aromatic nitrogens is 1. The summed E-state index contributed by atoms with van der Waals surface area (Å²) in [4.78, 5) is 14.5. The number of carbonyl (C=O) groups is 1. The van der Waals surface area contributed by atoms with E-state index in [1.165, 1.54) is 0 Å². The summed E-state index contributed by atoms with van der Waals surface area (Å²) >= 11 is 3.14. The first-order valence-electron chi connectivity index (χ1n) is 3.46. The summed E-state index contributed by atoms with van der Waals surface area (Å²) in [6, 6.07) is 3.45. The highest BCUT2D eigenvalue weighted by Crippen LogP contribution is 2.28. The summed E-state index contributed by atoms with van der Waals surface area (Å²) in [5, 5.41) is 9.38. The Hall–Kier alpha value is -1.36. The van der Waals surface area contributed by atoms with Crippen molar-refractivity contribution >= 4 is 33.0 Å². The smallest absolute Gasteiger partial charge is 0.373 e. The largest absolute Gasteiger partial charge is 0.475 e. The third-order valence-corrected chi connectivity index (χ3v) is 2.39. The number of aromatic carboxylic acids is 1. The van der Waals surface area contributed by atoms with Gasteiger partial charge >= 0.3 is 5.97 Å². The van der Waals surface area contributed by atoms with Gasteiger partial charge in [-0.15, -0.1) is 0 Å². The van der Waals surface area contributed by atoms with Gasteiger partial charge in [0.05, 0.1) is 9.86 Å². The fraction of sp³-hybridized carbons (Fsp3) is 0. The van der Waals surface area contributed by atoms with Crippen molar-refractivity contribution in [3.8, 4) is 0 Å². The van der Waals surface area contributed by atoms with Gasteiger partial charge in [-0.2, -0.15) is 0 Å². The Bertz CT molecular complexity index is 477. The molecular weight excluding hydrogens is 238 g/mol. The van der Waals surface area contributed by atoms with Crippen molar-refractivity contribution in [2.45, 2.75) is 0 Å². The van der Waals surface area contributed by atoms with Crippen LogP contribution in [-0.2, 0) is 0 Å². The van der Waals surface area contributed by atoms with Crippen LogP contribution in [0.15, 0.2) is 27.2 Å². The van der Waals surface area contributed by atoms with Gasteiger partial charge < -0.3 is 9.52 Å². The molecule has 2 aromatic heterocycles. The first kappa shape index (κ1) is 8.25. The van der Waals surface area contributed by atoms with E-state index < -0.39 is 5.97 Å². The van der Waals surface area contributed by atoms with Gasteiger partial charge in [-0.25, -0.2) is 9.78 Å². The average molecular weight is 242 g/mol. The van der Waals surface area contributed by atoms with Crippen LogP contribution < -0.4 is 0 Å². The quantitative estimate of drug-likeness (QED) is 0.833.